The summed E-state index contributed by atoms with van der Waals surface area (Å²) in [6.45, 7) is 2.08. The van der Waals surface area contributed by atoms with E-state index in [1.807, 2.05) is 18.2 Å². The number of pyridine rings is 1. The van der Waals surface area contributed by atoms with E-state index in [0.29, 0.717) is 5.52 Å². The highest BCUT2D eigenvalue weighted by Gasteiger charge is 2.09. The molecule has 0 saturated carbocycles. The average molecular weight is 231 g/mol. The molecule has 4 nitrogen and oxygen atoms in total. The maximum absolute atomic E-state index is 11.4. The smallest absolute Gasteiger partial charge is 0.341 e. The molecule has 2 N–H and O–H groups in total. The lowest BCUT2D eigenvalue weighted by atomic mass is 10.1. The first-order valence-corrected chi connectivity index (χ1v) is 5.51. The number of aromatic nitrogens is 1. The number of H-pyrrole nitrogens is 1. The predicted octanol–water partition coefficient (Wildman–Crippen LogP) is 2.18. The van der Waals surface area contributed by atoms with E-state index in [0.717, 1.165) is 23.8 Å². The predicted molar refractivity (Wildman–Crippen MR) is 65.5 cm³/mol. The fraction of sp³-hybridized carbons (Fsp3) is 0.231. The molecule has 88 valence electrons. The van der Waals surface area contributed by atoms with Crippen molar-refractivity contribution >= 4 is 16.9 Å². The number of aromatic carboxylic acids is 1. The lowest BCUT2D eigenvalue weighted by Crippen LogP contribution is -2.16. The molecular formula is C13H13NO3. The van der Waals surface area contributed by atoms with Gasteiger partial charge in [-0.2, -0.15) is 0 Å². The van der Waals surface area contributed by atoms with E-state index >= 15 is 0 Å². The van der Waals surface area contributed by atoms with Gasteiger partial charge in [0.25, 0.3) is 5.56 Å². The van der Waals surface area contributed by atoms with Crippen molar-refractivity contribution in [3.05, 3.63) is 45.7 Å². The molecule has 0 spiro atoms. The van der Waals surface area contributed by atoms with E-state index in [1.165, 1.54) is 6.07 Å². The molecule has 0 aliphatic rings. The third kappa shape index (κ3) is 2.20. The van der Waals surface area contributed by atoms with Gasteiger partial charge in [0.1, 0.15) is 5.56 Å². The number of carboxylic acids is 1. The highest BCUT2D eigenvalue weighted by atomic mass is 16.4. The first-order chi connectivity index (χ1) is 8.11. The molecule has 0 fully saturated rings. The summed E-state index contributed by atoms with van der Waals surface area (Å²) in [5.74, 6) is -1.20. The number of carboxylic acid groups (broad SMARTS) is 1. The van der Waals surface area contributed by atoms with Gasteiger partial charge in [0.15, 0.2) is 0 Å². The van der Waals surface area contributed by atoms with Gasteiger partial charge >= 0.3 is 5.97 Å². The van der Waals surface area contributed by atoms with E-state index in [-0.39, 0.29) is 5.56 Å². The lowest BCUT2D eigenvalue weighted by molar-refractivity contribution is 0.0695. The van der Waals surface area contributed by atoms with Crippen LogP contribution in [-0.2, 0) is 6.42 Å². The van der Waals surface area contributed by atoms with Crippen molar-refractivity contribution in [1.29, 1.82) is 0 Å². The first kappa shape index (κ1) is 11.4. The second kappa shape index (κ2) is 4.41. The largest absolute Gasteiger partial charge is 0.477 e. The maximum Gasteiger partial charge on any atom is 0.341 e. The molecule has 0 unspecified atom stereocenters. The molecule has 0 aliphatic carbocycles. The topological polar surface area (TPSA) is 70.2 Å². The number of hydrogen-bond donors (Lipinski definition) is 2. The van der Waals surface area contributed by atoms with Gasteiger partial charge in [-0.05, 0) is 35.6 Å². The Labute approximate surface area is 97.9 Å². The molecule has 2 rings (SSSR count). The van der Waals surface area contributed by atoms with Crippen LogP contribution in [0.5, 0.6) is 0 Å². The van der Waals surface area contributed by atoms with Gasteiger partial charge < -0.3 is 10.1 Å². The number of aromatic amines is 1. The Bertz CT molecular complexity index is 628. The molecule has 1 aromatic heterocycles. The van der Waals surface area contributed by atoms with E-state index in [9.17, 15) is 9.59 Å². The highest BCUT2D eigenvalue weighted by molar-refractivity contribution is 5.92. The van der Waals surface area contributed by atoms with Crippen LogP contribution in [0.25, 0.3) is 10.9 Å². The van der Waals surface area contributed by atoms with Crippen LogP contribution in [0.1, 0.15) is 29.3 Å². The van der Waals surface area contributed by atoms with Crippen LogP contribution in [0.3, 0.4) is 0 Å². The van der Waals surface area contributed by atoms with Crippen LogP contribution < -0.4 is 5.56 Å². The highest BCUT2D eigenvalue weighted by Crippen LogP contribution is 2.15. The van der Waals surface area contributed by atoms with Gasteiger partial charge in [-0.1, -0.05) is 19.4 Å². The molecule has 0 radical (unpaired) electrons. The van der Waals surface area contributed by atoms with Crippen molar-refractivity contribution in [3.63, 3.8) is 0 Å². The molecule has 0 atom stereocenters. The Morgan fingerprint density at radius 1 is 1.35 bits per heavy atom. The van der Waals surface area contributed by atoms with Crippen LogP contribution >= 0.6 is 0 Å². The van der Waals surface area contributed by atoms with Crippen molar-refractivity contribution in [1.82, 2.24) is 4.98 Å². The number of aryl methyl sites for hydroxylation is 1. The molecule has 0 aliphatic heterocycles. The van der Waals surface area contributed by atoms with Crippen LogP contribution in [0, 0.1) is 0 Å². The molecule has 17 heavy (non-hydrogen) atoms. The standard InChI is InChI=1S/C13H13NO3/c1-2-3-8-4-5-11-9(6-8)7-10(13(16)17)12(15)14-11/h4-7H,2-3H2,1H3,(H,14,15)(H,16,17). The van der Waals surface area contributed by atoms with Crippen LogP contribution in [0.15, 0.2) is 29.1 Å². The fourth-order valence-electron chi connectivity index (χ4n) is 1.86. The van der Waals surface area contributed by atoms with Crippen LogP contribution in [0.4, 0.5) is 0 Å². The average Bonchev–Trinajstić information content (AvgIpc) is 2.28. The molecule has 1 aromatic carbocycles. The quantitative estimate of drug-likeness (QED) is 0.850. The zero-order valence-electron chi connectivity index (χ0n) is 9.49. The summed E-state index contributed by atoms with van der Waals surface area (Å²) < 4.78 is 0. The summed E-state index contributed by atoms with van der Waals surface area (Å²) in [5, 5.41) is 9.64. The second-order valence-electron chi connectivity index (χ2n) is 3.99. The van der Waals surface area contributed by atoms with Crippen LogP contribution in [0.2, 0.25) is 0 Å². The summed E-state index contributed by atoms with van der Waals surface area (Å²) in [5.41, 5.74) is 1.03. The van der Waals surface area contributed by atoms with E-state index in [1.54, 1.807) is 0 Å². The monoisotopic (exact) mass is 231 g/mol. The number of carbonyl (C=O) groups is 1. The van der Waals surface area contributed by atoms with Crippen molar-refractivity contribution < 1.29 is 9.90 Å². The van der Waals surface area contributed by atoms with Crippen molar-refractivity contribution in [2.75, 3.05) is 0 Å². The first-order valence-electron chi connectivity index (χ1n) is 5.51. The Morgan fingerprint density at radius 3 is 2.76 bits per heavy atom. The molecule has 1 heterocycles. The Kier molecular flexibility index (Phi) is 2.95. The lowest BCUT2D eigenvalue weighted by Gasteiger charge is -2.03. The van der Waals surface area contributed by atoms with Gasteiger partial charge in [0.05, 0.1) is 0 Å². The second-order valence-corrected chi connectivity index (χ2v) is 3.99. The molecule has 0 saturated heterocycles. The Hall–Kier alpha value is -2.10. The van der Waals surface area contributed by atoms with E-state index < -0.39 is 11.5 Å². The van der Waals surface area contributed by atoms with Crippen LogP contribution in [-0.4, -0.2) is 16.1 Å². The number of rotatable bonds is 3. The van der Waals surface area contributed by atoms with Crippen molar-refractivity contribution in [2.24, 2.45) is 0 Å². The number of nitrogens with one attached hydrogen (secondary N) is 1. The van der Waals surface area contributed by atoms with Gasteiger partial charge in [-0.3, -0.25) is 4.79 Å². The number of fused-ring (bicyclic) bond motifs is 1. The number of benzene rings is 1. The summed E-state index contributed by atoms with van der Waals surface area (Å²) in [6.07, 6.45) is 1.97. The number of hydrogen-bond acceptors (Lipinski definition) is 2. The summed E-state index contributed by atoms with van der Waals surface area (Å²) >= 11 is 0. The Morgan fingerprint density at radius 2 is 2.12 bits per heavy atom. The van der Waals surface area contributed by atoms with Gasteiger partial charge in [0.2, 0.25) is 0 Å². The summed E-state index contributed by atoms with van der Waals surface area (Å²) in [6, 6.07) is 7.10. The minimum Gasteiger partial charge on any atom is -0.477 e. The summed E-state index contributed by atoms with van der Waals surface area (Å²) in [4.78, 5) is 24.9. The summed E-state index contributed by atoms with van der Waals surface area (Å²) in [7, 11) is 0. The third-order valence-corrected chi connectivity index (χ3v) is 2.68. The molecule has 2 aromatic rings. The molecule has 4 heteroatoms. The molecule has 0 bridgehead atoms. The minimum absolute atomic E-state index is 0.217. The fourth-order valence-corrected chi connectivity index (χ4v) is 1.86. The van der Waals surface area contributed by atoms with E-state index in [4.69, 9.17) is 5.11 Å². The Balaban J connectivity index is 2.64. The SMILES string of the molecule is CCCc1ccc2[nH]c(=O)c(C(=O)O)cc2c1. The maximum atomic E-state index is 11.4. The van der Waals surface area contributed by atoms with Gasteiger partial charge in [0, 0.05) is 5.52 Å². The zero-order valence-corrected chi connectivity index (χ0v) is 9.49. The van der Waals surface area contributed by atoms with Crippen molar-refractivity contribution in [2.45, 2.75) is 19.8 Å². The molecular weight excluding hydrogens is 218 g/mol. The normalized spacial score (nSPS) is 10.6. The third-order valence-electron chi connectivity index (χ3n) is 2.68. The minimum atomic E-state index is -1.20. The zero-order chi connectivity index (χ0) is 12.4. The van der Waals surface area contributed by atoms with E-state index in [2.05, 4.69) is 11.9 Å². The molecule has 0 amide bonds. The van der Waals surface area contributed by atoms with Gasteiger partial charge in [-0.15, -0.1) is 0 Å². The van der Waals surface area contributed by atoms with Gasteiger partial charge in [-0.25, -0.2) is 4.79 Å². The van der Waals surface area contributed by atoms with Crippen molar-refractivity contribution in [3.8, 4) is 0 Å².